The maximum atomic E-state index is 5.30. The molecule has 0 atom stereocenters. The van der Waals surface area contributed by atoms with Crippen molar-refractivity contribution in [3.63, 3.8) is 0 Å². The molecule has 0 bridgehead atoms. The van der Waals surface area contributed by atoms with Crippen LogP contribution in [-0.2, 0) is 0 Å². The molecule has 63 heavy (non-hydrogen) atoms. The van der Waals surface area contributed by atoms with Gasteiger partial charge < -0.3 is 0 Å². The molecule has 0 unspecified atom stereocenters. The van der Waals surface area contributed by atoms with Gasteiger partial charge in [0.1, 0.15) is 0 Å². The van der Waals surface area contributed by atoms with E-state index in [9.17, 15) is 0 Å². The Balaban J connectivity index is 1.23. The van der Waals surface area contributed by atoms with Crippen LogP contribution in [0.4, 0.5) is 0 Å². The van der Waals surface area contributed by atoms with E-state index in [1.54, 1.807) is 0 Å². The van der Waals surface area contributed by atoms with Gasteiger partial charge in [-0.3, -0.25) is 0 Å². The molecule has 0 fully saturated rings. The third kappa shape index (κ3) is 6.76. The molecule has 5 heteroatoms. The molecule has 0 aliphatic rings. The zero-order chi connectivity index (χ0) is 42.2. The molecule has 2 aromatic heterocycles. The predicted molar refractivity (Wildman–Crippen MR) is 264 cm³/mol. The molecular weight excluding hydrogens is 825 g/mol. The Labute approximate surface area is 370 Å². The summed E-state index contributed by atoms with van der Waals surface area (Å²) < 4.78 is 7.92. The summed E-state index contributed by atoms with van der Waals surface area (Å²) >= 11 is -3.70. The van der Waals surface area contributed by atoms with Crippen molar-refractivity contribution in [2.75, 3.05) is 0 Å². The molecule has 0 saturated carbocycles. The fourth-order valence-corrected chi connectivity index (χ4v) is 19.9. The Hall–Kier alpha value is -7.67. The zero-order valence-corrected chi connectivity index (χ0v) is 36.9. The van der Waals surface area contributed by atoms with Crippen molar-refractivity contribution in [2.24, 2.45) is 0 Å². The van der Waals surface area contributed by atoms with Crippen LogP contribution in [0.25, 0.3) is 72.8 Å². The second-order valence-corrected chi connectivity index (χ2v) is 23.9. The van der Waals surface area contributed by atoms with Gasteiger partial charge in [0, 0.05) is 0 Å². The molecule has 0 N–H and O–H groups in total. The van der Waals surface area contributed by atoms with Gasteiger partial charge >= 0.3 is 360 Å². The van der Waals surface area contributed by atoms with Crippen LogP contribution in [0.2, 0.25) is 0 Å². The first-order valence-corrected chi connectivity index (χ1v) is 25.6. The first-order chi connectivity index (χ1) is 31.2. The van der Waals surface area contributed by atoms with Crippen molar-refractivity contribution in [3.8, 4) is 51.0 Å². The Morgan fingerprint density at radius 1 is 0.349 bits per heavy atom. The molecule has 0 amide bonds. The van der Waals surface area contributed by atoms with Gasteiger partial charge in [-0.05, 0) is 0 Å². The van der Waals surface area contributed by atoms with E-state index in [1.807, 2.05) is 36.4 Å². The number of aryl methyl sites for hydroxylation is 1. The third-order valence-corrected chi connectivity index (χ3v) is 22.4. The summed E-state index contributed by atoms with van der Waals surface area (Å²) in [6.07, 6.45) is 0. The van der Waals surface area contributed by atoms with E-state index < -0.39 is 13.3 Å². The molecule has 4 nitrogen and oxygen atoms in total. The summed E-state index contributed by atoms with van der Waals surface area (Å²) in [6.45, 7) is 2.17. The van der Waals surface area contributed by atoms with Crippen molar-refractivity contribution in [1.82, 2.24) is 19.5 Å². The molecule has 298 valence electrons. The molecule has 11 aromatic rings. The minimum atomic E-state index is -3.70. The van der Waals surface area contributed by atoms with Crippen molar-refractivity contribution in [2.45, 2.75) is 6.92 Å². The summed E-state index contributed by atoms with van der Waals surface area (Å²) in [6, 6.07) is 85.6. The van der Waals surface area contributed by atoms with Crippen LogP contribution in [0, 0.1) is 6.92 Å². The molecule has 2 heterocycles. The van der Waals surface area contributed by atoms with E-state index in [4.69, 9.17) is 15.0 Å². The quantitative estimate of drug-likeness (QED) is 0.136. The Morgan fingerprint density at radius 3 is 1.41 bits per heavy atom. The number of benzene rings is 9. The van der Waals surface area contributed by atoms with Gasteiger partial charge in [-0.1, -0.05) is 12.1 Å². The number of hydrogen-bond acceptors (Lipinski definition) is 3. The number of para-hydroxylation sites is 1. The van der Waals surface area contributed by atoms with Gasteiger partial charge in [-0.15, -0.1) is 0 Å². The van der Waals surface area contributed by atoms with Gasteiger partial charge in [0.2, 0.25) is 0 Å². The van der Waals surface area contributed by atoms with E-state index >= 15 is 0 Å². The first-order valence-electron chi connectivity index (χ1n) is 21.4. The van der Waals surface area contributed by atoms with Crippen LogP contribution < -0.4 is 17.6 Å². The Morgan fingerprint density at radius 2 is 0.825 bits per heavy atom. The fraction of sp³-hybridized carbons (Fsp3) is 0.0172. The average molecular weight is 868 g/mol. The van der Waals surface area contributed by atoms with E-state index in [-0.39, 0.29) is 0 Å². The van der Waals surface area contributed by atoms with Crippen molar-refractivity contribution >= 4 is 52.7 Å². The van der Waals surface area contributed by atoms with Gasteiger partial charge in [-0.25, -0.2) is 0 Å². The van der Waals surface area contributed by atoms with E-state index in [2.05, 4.69) is 212 Å². The van der Waals surface area contributed by atoms with Crippen molar-refractivity contribution in [1.29, 1.82) is 0 Å². The van der Waals surface area contributed by atoms with Crippen molar-refractivity contribution < 1.29 is 0 Å². The topological polar surface area (TPSA) is 43.6 Å². The molecule has 0 aliphatic carbocycles. The molecule has 0 spiro atoms. The molecule has 0 radical (unpaired) electrons. The molecule has 11 rings (SSSR count). The summed E-state index contributed by atoms with van der Waals surface area (Å²) in [4.78, 5) is 15.7. The zero-order valence-electron chi connectivity index (χ0n) is 34.8. The number of fused-ring (bicyclic) bond motifs is 3. The molecular formula is C58H42GeN4. The fourth-order valence-electron chi connectivity index (χ4n) is 9.44. The third-order valence-electron chi connectivity index (χ3n) is 12.3. The van der Waals surface area contributed by atoms with E-state index in [0.717, 1.165) is 39.0 Å². The standard InChI is InChI=1S/C58H42GeN4/c1-41-35-38-54-51(39-41)49-32-18-20-34-53(49)63(54)55-40-44(36-37-50(55)58-61-56(42-21-7-2-8-22-42)60-57(62-58)43-23-9-3-10-24-43)48-31-17-19-33-52(48)59(45-25-11-4-12-26-45,46-27-13-5-14-28-46)47-29-15-6-16-30-47/h2-40H,1H3. The summed E-state index contributed by atoms with van der Waals surface area (Å²) in [5, 5.41) is 2.41. The van der Waals surface area contributed by atoms with E-state index in [0.29, 0.717) is 17.5 Å². The molecule has 9 aromatic carbocycles. The number of rotatable bonds is 9. The number of nitrogens with zero attached hydrogens (tertiary/aromatic N) is 4. The number of hydrogen-bond donors (Lipinski definition) is 0. The monoisotopic (exact) mass is 868 g/mol. The van der Waals surface area contributed by atoms with E-state index in [1.165, 1.54) is 39.5 Å². The molecule has 0 saturated heterocycles. The van der Waals surface area contributed by atoms with Crippen LogP contribution in [0.15, 0.2) is 237 Å². The van der Waals surface area contributed by atoms with Crippen LogP contribution in [0.3, 0.4) is 0 Å². The van der Waals surface area contributed by atoms with Crippen LogP contribution >= 0.6 is 0 Å². The average Bonchev–Trinajstić information content (AvgIpc) is 3.69. The first kappa shape index (κ1) is 38.3. The predicted octanol–water partition coefficient (Wildman–Crippen LogP) is 11.3. The second kappa shape index (κ2) is 16.3. The van der Waals surface area contributed by atoms with Crippen LogP contribution in [0.1, 0.15) is 5.56 Å². The van der Waals surface area contributed by atoms with Crippen LogP contribution in [0.5, 0.6) is 0 Å². The Bertz CT molecular complexity index is 3230. The van der Waals surface area contributed by atoms with Gasteiger partial charge in [-0.2, -0.15) is 0 Å². The van der Waals surface area contributed by atoms with Crippen LogP contribution in [-0.4, -0.2) is 32.8 Å². The van der Waals surface area contributed by atoms with Gasteiger partial charge in [0.25, 0.3) is 0 Å². The normalized spacial score (nSPS) is 11.6. The number of aromatic nitrogens is 4. The maximum absolute atomic E-state index is 5.30. The Kier molecular flexibility index (Phi) is 9.91. The van der Waals surface area contributed by atoms with Crippen molar-refractivity contribution in [3.05, 3.63) is 242 Å². The second-order valence-electron chi connectivity index (χ2n) is 16.0. The summed E-state index contributed by atoms with van der Waals surface area (Å²) in [5.41, 5.74) is 9.58. The summed E-state index contributed by atoms with van der Waals surface area (Å²) in [5.74, 6) is 1.87. The molecule has 0 aliphatic heterocycles. The SMILES string of the molecule is Cc1ccc2c(c1)c1ccccc1n2-c1cc(-c2cccc[c]2[Ge]([c]2ccccc2)([c]2ccccc2)[c]2ccccc2)ccc1-c1nc(-c2ccccc2)nc(-c2ccccc2)n1. The minimum absolute atomic E-state index is 0.612. The summed E-state index contributed by atoms with van der Waals surface area (Å²) in [7, 11) is 0. The van der Waals surface area contributed by atoms with Gasteiger partial charge in [0.05, 0.1) is 0 Å². The van der Waals surface area contributed by atoms with Gasteiger partial charge in [0.15, 0.2) is 0 Å².